The summed E-state index contributed by atoms with van der Waals surface area (Å²) < 4.78 is 11.9. The standard InChI is InChI=1S/C23H38O3Si/c1-19(2)27(20(3)4,21(5)6)26-17-11-15-23(24)14-10-16-25-18-22-12-8-7-9-13-22/h7-14,17,19-21,23-24H,15-16,18H2,1-6H3/b14-10+,17-11-/t23-/m1/s1. The molecule has 0 aliphatic heterocycles. The van der Waals surface area contributed by atoms with E-state index in [9.17, 15) is 5.11 Å². The van der Waals surface area contributed by atoms with Crippen molar-refractivity contribution in [3.63, 3.8) is 0 Å². The van der Waals surface area contributed by atoms with Gasteiger partial charge in [0, 0.05) is 0 Å². The zero-order chi connectivity index (χ0) is 20.3. The van der Waals surface area contributed by atoms with Crippen molar-refractivity contribution in [2.24, 2.45) is 0 Å². The van der Waals surface area contributed by atoms with E-state index in [1.165, 1.54) is 0 Å². The number of ether oxygens (including phenoxy) is 1. The van der Waals surface area contributed by atoms with Crippen molar-refractivity contribution in [2.45, 2.75) is 77.3 Å². The molecule has 1 rings (SSSR count). The van der Waals surface area contributed by atoms with E-state index in [0.717, 1.165) is 5.56 Å². The summed E-state index contributed by atoms with van der Waals surface area (Å²) in [7, 11) is -1.87. The van der Waals surface area contributed by atoms with Crippen molar-refractivity contribution in [1.82, 2.24) is 0 Å². The smallest absolute Gasteiger partial charge is 0.257 e. The molecule has 0 fully saturated rings. The van der Waals surface area contributed by atoms with E-state index in [2.05, 4.69) is 41.5 Å². The Labute approximate surface area is 167 Å². The van der Waals surface area contributed by atoms with E-state index in [1.54, 1.807) is 6.08 Å². The van der Waals surface area contributed by atoms with Gasteiger partial charge < -0.3 is 14.3 Å². The number of rotatable bonds is 12. The van der Waals surface area contributed by atoms with Crippen LogP contribution in [0.5, 0.6) is 0 Å². The molecule has 0 unspecified atom stereocenters. The maximum atomic E-state index is 10.1. The fourth-order valence-corrected chi connectivity index (χ4v) is 9.03. The molecule has 152 valence electrons. The van der Waals surface area contributed by atoms with Crippen molar-refractivity contribution in [3.05, 3.63) is 60.4 Å². The lowest BCUT2D eigenvalue weighted by atomic mass is 10.2. The summed E-state index contributed by atoms with van der Waals surface area (Å²) in [6.07, 6.45) is 7.46. The predicted octanol–water partition coefficient (Wildman–Crippen LogP) is 6.22. The quantitative estimate of drug-likeness (QED) is 0.199. The van der Waals surface area contributed by atoms with Crippen LogP contribution in [0.2, 0.25) is 16.6 Å². The third-order valence-corrected chi connectivity index (χ3v) is 11.1. The molecular formula is C23H38O3Si. The van der Waals surface area contributed by atoms with Gasteiger partial charge in [-0.15, -0.1) is 0 Å². The van der Waals surface area contributed by atoms with E-state index in [4.69, 9.17) is 9.16 Å². The molecule has 1 aromatic carbocycles. The SMILES string of the molecule is CC(C)[Si](O/C=C\C[C@H](O)/C=C/COCc1ccccc1)(C(C)C)C(C)C. The van der Waals surface area contributed by atoms with E-state index in [1.807, 2.05) is 48.7 Å². The first-order valence-electron chi connectivity index (χ1n) is 10.1. The highest BCUT2D eigenvalue weighted by molar-refractivity contribution is 6.77. The minimum atomic E-state index is -1.87. The van der Waals surface area contributed by atoms with Crippen molar-refractivity contribution in [2.75, 3.05) is 6.61 Å². The lowest BCUT2D eigenvalue weighted by Gasteiger charge is -2.41. The highest BCUT2D eigenvalue weighted by atomic mass is 28.4. The van der Waals surface area contributed by atoms with Crippen LogP contribution in [0.25, 0.3) is 0 Å². The summed E-state index contributed by atoms with van der Waals surface area (Å²) >= 11 is 0. The molecule has 1 aromatic rings. The fraction of sp³-hybridized carbons (Fsp3) is 0.565. The molecule has 1 atom stereocenters. The Morgan fingerprint density at radius 1 is 0.926 bits per heavy atom. The number of benzene rings is 1. The first kappa shape index (κ1) is 23.7. The summed E-state index contributed by atoms with van der Waals surface area (Å²) in [5.41, 5.74) is 2.80. The number of aliphatic hydroxyl groups is 1. The molecule has 0 heterocycles. The fourth-order valence-electron chi connectivity index (χ4n) is 3.88. The Morgan fingerprint density at radius 3 is 2.07 bits per heavy atom. The second-order valence-corrected chi connectivity index (χ2v) is 13.4. The third kappa shape index (κ3) is 7.65. The highest BCUT2D eigenvalue weighted by Crippen LogP contribution is 2.42. The molecule has 0 saturated heterocycles. The maximum absolute atomic E-state index is 10.1. The first-order valence-corrected chi connectivity index (χ1v) is 12.2. The topological polar surface area (TPSA) is 38.7 Å². The summed E-state index contributed by atoms with van der Waals surface area (Å²) in [4.78, 5) is 0. The van der Waals surface area contributed by atoms with Crippen molar-refractivity contribution in [3.8, 4) is 0 Å². The lowest BCUT2D eigenvalue weighted by Crippen LogP contribution is -2.46. The van der Waals surface area contributed by atoms with Crippen LogP contribution in [0.3, 0.4) is 0 Å². The zero-order valence-corrected chi connectivity index (χ0v) is 18.9. The summed E-state index contributed by atoms with van der Waals surface area (Å²) in [6, 6.07) is 10.1. The van der Waals surface area contributed by atoms with Crippen LogP contribution >= 0.6 is 0 Å². The van der Waals surface area contributed by atoms with Gasteiger partial charge in [-0.1, -0.05) is 84.0 Å². The van der Waals surface area contributed by atoms with Gasteiger partial charge in [-0.25, -0.2) is 0 Å². The Balaban J connectivity index is 2.38. The minimum absolute atomic E-state index is 0.496. The second kappa shape index (κ2) is 12.2. The molecular weight excluding hydrogens is 352 g/mol. The van der Waals surface area contributed by atoms with E-state index in [-0.39, 0.29) is 0 Å². The Bertz CT molecular complexity index is 542. The molecule has 0 spiro atoms. The summed E-state index contributed by atoms with van der Waals surface area (Å²) in [5.74, 6) is 0. The van der Waals surface area contributed by atoms with Gasteiger partial charge in [0.15, 0.2) is 0 Å². The van der Waals surface area contributed by atoms with Crippen LogP contribution < -0.4 is 0 Å². The van der Waals surface area contributed by atoms with Gasteiger partial charge in [-0.3, -0.25) is 0 Å². The molecule has 27 heavy (non-hydrogen) atoms. The summed E-state index contributed by atoms with van der Waals surface area (Å²) in [5, 5.41) is 10.1. The zero-order valence-electron chi connectivity index (χ0n) is 17.9. The van der Waals surface area contributed by atoms with E-state index < -0.39 is 14.4 Å². The number of hydrogen-bond donors (Lipinski definition) is 1. The molecule has 0 bridgehead atoms. The van der Waals surface area contributed by atoms with Gasteiger partial charge >= 0.3 is 0 Å². The molecule has 0 amide bonds. The number of aliphatic hydroxyl groups excluding tert-OH is 1. The monoisotopic (exact) mass is 390 g/mol. The highest BCUT2D eigenvalue weighted by Gasteiger charge is 2.46. The Morgan fingerprint density at radius 2 is 1.52 bits per heavy atom. The van der Waals surface area contributed by atoms with E-state index in [0.29, 0.717) is 36.3 Å². The van der Waals surface area contributed by atoms with Crippen molar-refractivity contribution in [1.29, 1.82) is 0 Å². The molecule has 0 saturated carbocycles. The predicted molar refractivity (Wildman–Crippen MR) is 117 cm³/mol. The second-order valence-electron chi connectivity index (χ2n) is 8.04. The van der Waals surface area contributed by atoms with Crippen molar-refractivity contribution < 1.29 is 14.3 Å². The van der Waals surface area contributed by atoms with Gasteiger partial charge in [0.2, 0.25) is 0 Å². The average molecular weight is 391 g/mol. The lowest BCUT2D eigenvalue weighted by molar-refractivity contribution is 0.147. The Kier molecular flexibility index (Phi) is 10.7. The Hall–Kier alpha value is -1.36. The molecule has 0 aromatic heterocycles. The molecule has 0 aliphatic rings. The van der Waals surface area contributed by atoms with Gasteiger partial charge in [-0.2, -0.15) is 0 Å². The average Bonchev–Trinajstić information content (AvgIpc) is 2.61. The normalized spacial score (nSPS) is 14.1. The number of hydrogen-bond acceptors (Lipinski definition) is 3. The van der Waals surface area contributed by atoms with Crippen LogP contribution in [-0.4, -0.2) is 26.1 Å². The molecule has 1 N–H and O–H groups in total. The maximum Gasteiger partial charge on any atom is 0.257 e. The molecule has 3 nitrogen and oxygen atoms in total. The first-order chi connectivity index (χ1) is 12.8. The minimum Gasteiger partial charge on any atom is -0.548 e. The molecule has 0 radical (unpaired) electrons. The van der Waals surface area contributed by atoms with Crippen LogP contribution in [0.4, 0.5) is 0 Å². The van der Waals surface area contributed by atoms with Gasteiger partial charge in [0.1, 0.15) is 0 Å². The van der Waals surface area contributed by atoms with E-state index >= 15 is 0 Å². The van der Waals surface area contributed by atoms with Crippen molar-refractivity contribution >= 4 is 8.32 Å². The molecule has 0 aliphatic carbocycles. The van der Waals surface area contributed by atoms with Crippen LogP contribution in [0.1, 0.15) is 53.5 Å². The van der Waals surface area contributed by atoms with Gasteiger partial charge in [0.05, 0.1) is 25.6 Å². The van der Waals surface area contributed by atoms with Gasteiger partial charge in [0.25, 0.3) is 8.32 Å². The largest absolute Gasteiger partial charge is 0.548 e. The van der Waals surface area contributed by atoms with Crippen LogP contribution in [0, 0.1) is 0 Å². The van der Waals surface area contributed by atoms with Crippen LogP contribution in [0.15, 0.2) is 54.8 Å². The summed E-state index contributed by atoms with van der Waals surface area (Å²) in [6.45, 7) is 14.7. The third-order valence-electron chi connectivity index (χ3n) is 5.14. The molecule has 4 heteroatoms. The van der Waals surface area contributed by atoms with Crippen LogP contribution in [-0.2, 0) is 15.8 Å². The van der Waals surface area contributed by atoms with Gasteiger partial charge in [-0.05, 0) is 34.7 Å².